The molecule has 0 unspecified atom stereocenters. The quantitative estimate of drug-likeness (QED) is 0.576. The Morgan fingerprint density at radius 1 is 1.00 bits per heavy atom. The second kappa shape index (κ2) is 7.69. The third kappa shape index (κ3) is 3.90. The van der Waals surface area contributed by atoms with Crippen molar-refractivity contribution in [3.8, 4) is 0 Å². The highest BCUT2D eigenvalue weighted by atomic mass is 32.2. The van der Waals surface area contributed by atoms with Crippen LogP contribution in [0.2, 0.25) is 0 Å². The van der Waals surface area contributed by atoms with Crippen molar-refractivity contribution in [3.05, 3.63) is 69.3 Å². The van der Waals surface area contributed by atoms with Gasteiger partial charge >= 0.3 is 0 Å². The standard InChI is InChI=1S/C19H21N3O5S/c1-14-3-8-18(15(2)13-14)28(26,27)21-11-9-20(10-12-21)19(23)16-4-6-17(7-5-16)22(24)25/h3-8,13H,9-12H2,1-2H3. The fourth-order valence-corrected chi connectivity index (χ4v) is 4.90. The normalized spacial score (nSPS) is 15.4. The Bertz CT molecular complexity index is 1010. The number of nitro groups is 1. The van der Waals surface area contributed by atoms with E-state index in [1.165, 1.54) is 28.6 Å². The van der Waals surface area contributed by atoms with Crippen LogP contribution in [0.1, 0.15) is 21.5 Å². The average molecular weight is 403 g/mol. The molecule has 1 heterocycles. The van der Waals surface area contributed by atoms with E-state index in [0.29, 0.717) is 11.1 Å². The van der Waals surface area contributed by atoms with Crippen LogP contribution in [-0.2, 0) is 10.0 Å². The Kier molecular flexibility index (Phi) is 5.48. The van der Waals surface area contributed by atoms with Gasteiger partial charge in [-0.15, -0.1) is 0 Å². The molecular weight excluding hydrogens is 382 g/mol. The maximum atomic E-state index is 12.9. The summed E-state index contributed by atoms with van der Waals surface area (Å²) in [7, 11) is -3.62. The van der Waals surface area contributed by atoms with Gasteiger partial charge in [-0.2, -0.15) is 4.31 Å². The predicted molar refractivity (Wildman–Crippen MR) is 104 cm³/mol. The second-order valence-electron chi connectivity index (χ2n) is 6.77. The first kappa shape index (κ1) is 20.0. The van der Waals surface area contributed by atoms with Crippen molar-refractivity contribution >= 4 is 21.6 Å². The molecule has 0 spiro atoms. The molecule has 0 N–H and O–H groups in total. The fourth-order valence-electron chi connectivity index (χ4n) is 3.27. The topological polar surface area (TPSA) is 101 Å². The van der Waals surface area contributed by atoms with Crippen molar-refractivity contribution in [2.24, 2.45) is 0 Å². The highest BCUT2D eigenvalue weighted by Gasteiger charge is 2.31. The van der Waals surface area contributed by atoms with E-state index in [1.54, 1.807) is 24.0 Å². The van der Waals surface area contributed by atoms with Gasteiger partial charge in [0.05, 0.1) is 9.82 Å². The lowest BCUT2D eigenvalue weighted by atomic mass is 10.1. The van der Waals surface area contributed by atoms with Gasteiger partial charge in [0, 0.05) is 43.9 Å². The van der Waals surface area contributed by atoms with Crippen molar-refractivity contribution in [2.45, 2.75) is 18.7 Å². The van der Waals surface area contributed by atoms with Crippen molar-refractivity contribution in [2.75, 3.05) is 26.2 Å². The minimum atomic E-state index is -3.62. The highest BCUT2D eigenvalue weighted by molar-refractivity contribution is 7.89. The van der Waals surface area contributed by atoms with Gasteiger partial charge in [0.25, 0.3) is 11.6 Å². The molecule has 2 aromatic rings. The summed E-state index contributed by atoms with van der Waals surface area (Å²) in [5.74, 6) is -0.265. The van der Waals surface area contributed by atoms with E-state index in [9.17, 15) is 23.3 Å². The number of benzene rings is 2. The van der Waals surface area contributed by atoms with Crippen molar-refractivity contribution in [1.82, 2.24) is 9.21 Å². The second-order valence-corrected chi connectivity index (χ2v) is 8.68. The number of hydrogen-bond donors (Lipinski definition) is 0. The lowest BCUT2D eigenvalue weighted by molar-refractivity contribution is -0.384. The van der Waals surface area contributed by atoms with Gasteiger partial charge in [0.15, 0.2) is 0 Å². The number of amides is 1. The lowest BCUT2D eigenvalue weighted by Gasteiger charge is -2.34. The molecule has 0 bridgehead atoms. The highest BCUT2D eigenvalue weighted by Crippen LogP contribution is 2.23. The van der Waals surface area contributed by atoms with Gasteiger partial charge in [-0.3, -0.25) is 14.9 Å². The van der Waals surface area contributed by atoms with Crippen LogP contribution in [0.4, 0.5) is 5.69 Å². The van der Waals surface area contributed by atoms with E-state index >= 15 is 0 Å². The van der Waals surface area contributed by atoms with Crippen LogP contribution >= 0.6 is 0 Å². The van der Waals surface area contributed by atoms with Crippen molar-refractivity contribution in [3.63, 3.8) is 0 Å². The first-order valence-corrected chi connectivity index (χ1v) is 10.3. The Morgan fingerprint density at radius 2 is 1.61 bits per heavy atom. The largest absolute Gasteiger partial charge is 0.336 e. The van der Waals surface area contributed by atoms with Crippen LogP contribution in [0.15, 0.2) is 47.4 Å². The summed E-state index contributed by atoms with van der Waals surface area (Å²) in [5.41, 5.74) is 1.96. The fraction of sp³-hybridized carbons (Fsp3) is 0.316. The first-order valence-electron chi connectivity index (χ1n) is 8.81. The average Bonchev–Trinajstić information content (AvgIpc) is 2.67. The molecule has 1 amide bonds. The summed E-state index contributed by atoms with van der Waals surface area (Å²) in [6, 6.07) is 10.6. The molecule has 0 radical (unpaired) electrons. The molecule has 148 valence electrons. The Labute approximate surface area is 163 Å². The molecule has 1 aliphatic rings. The summed E-state index contributed by atoms with van der Waals surface area (Å²) in [5, 5.41) is 10.7. The summed E-state index contributed by atoms with van der Waals surface area (Å²) in [6.07, 6.45) is 0. The zero-order valence-corrected chi connectivity index (χ0v) is 16.5. The SMILES string of the molecule is Cc1ccc(S(=O)(=O)N2CCN(C(=O)c3ccc([N+](=O)[O-])cc3)CC2)c(C)c1. The molecule has 2 aromatic carbocycles. The summed E-state index contributed by atoms with van der Waals surface area (Å²) >= 11 is 0. The molecule has 1 saturated heterocycles. The molecule has 28 heavy (non-hydrogen) atoms. The molecule has 9 heteroatoms. The van der Waals surface area contributed by atoms with Crippen LogP contribution in [0.3, 0.4) is 0 Å². The number of rotatable bonds is 4. The third-order valence-corrected chi connectivity index (χ3v) is 6.86. The number of carbonyl (C=O) groups excluding carboxylic acids is 1. The molecule has 1 fully saturated rings. The van der Waals surface area contributed by atoms with Crippen molar-refractivity contribution in [1.29, 1.82) is 0 Å². The van der Waals surface area contributed by atoms with Gasteiger partial charge in [-0.25, -0.2) is 8.42 Å². The number of piperazine rings is 1. The zero-order chi connectivity index (χ0) is 20.5. The molecule has 0 aliphatic carbocycles. The van der Waals surface area contributed by atoms with Crippen LogP contribution in [0.5, 0.6) is 0 Å². The van der Waals surface area contributed by atoms with E-state index in [-0.39, 0.29) is 42.7 Å². The molecular formula is C19H21N3O5S. The van der Waals surface area contributed by atoms with E-state index in [4.69, 9.17) is 0 Å². The van der Waals surface area contributed by atoms with Crippen LogP contribution in [-0.4, -0.2) is 54.6 Å². The minimum Gasteiger partial charge on any atom is -0.336 e. The molecule has 0 aromatic heterocycles. The summed E-state index contributed by atoms with van der Waals surface area (Å²) in [4.78, 5) is 24.6. The van der Waals surface area contributed by atoms with Crippen molar-refractivity contribution < 1.29 is 18.1 Å². The molecule has 0 atom stereocenters. The number of nitro benzene ring substituents is 1. The minimum absolute atomic E-state index is 0.0825. The smallest absolute Gasteiger partial charge is 0.269 e. The van der Waals surface area contributed by atoms with Gasteiger partial charge < -0.3 is 4.90 Å². The van der Waals surface area contributed by atoms with Crippen LogP contribution in [0.25, 0.3) is 0 Å². The van der Waals surface area contributed by atoms with E-state index in [2.05, 4.69) is 0 Å². The molecule has 8 nitrogen and oxygen atoms in total. The van der Waals surface area contributed by atoms with Gasteiger partial charge in [-0.1, -0.05) is 17.7 Å². The number of carbonyl (C=O) groups is 1. The number of non-ortho nitro benzene ring substituents is 1. The number of hydrogen-bond acceptors (Lipinski definition) is 5. The number of sulfonamides is 1. The van der Waals surface area contributed by atoms with Crippen LogP contribution in [0, 0.1) is 24.0 Å². The van der Waals surface area contributed by atoms with E-state index < -0.39 is 14.9 Å². The molecule has 3 rings (SSSR count). The van der Waals surface area contributed by atoms with Gasteiger partial charge in [-0.05, 0) is 37.6 Å². The molecule has 1 aliphatic heterocycles. The zero-order valence-electron chi connectivity index (χ0n) is 15.7. The maximum Gasteiger partial charge on any atom is 0.269 e. The van der Waals surface area contributed by atoms with E-state index in [0.717, 1.165) is 5.56 Å². The van der Waals surface area contributed by atoms with Crippen LogP contribution < -0.4 is 0 Å². The summed E-state index contributed by atoms with van der Waals surface area (Å²) in [6.45, 7) is 4.61. The van der Waals surface area contributed by atoms with Gasteiger partial charge in [0.2, 0.25) is 10.0 Å². The van der Waals surface area contributed by atoms with Gasteiger partial charge in [0.1, 0.15) is 0 Å². The first-order chi connectivity index (χ1) is 13.2. The Morgan fingerprint density at radius 3 is 2.14 bits per heavy atom. The number of nitrogens with zero attached hydrogens (tertiary/aromatic N) is 3. The predicted octanol–water partition coefficient (Wildman–Crippen LogP) is 2.36. The number of aryl methyl sites for hydroxylation is 2. The third-order valence-electron chi connectivity index (χ3n) is 4.80. The van der Waals surface area contributed by atoms with E-state index in [1.807, 2.05) is 13.0 Å². The maximum absolute atomic E-state index is 12.9. The molecule has 0 saturated carbocycles. The monoisotopic (exact) mass is 403 g/mol. The Hall–Kier alpha value is -2.78. The summed E-state index contributed by atoms with van der Waals surface area (Å²) < 4.78 is 27.2. The Balaban J connectivity index is 1.69. The lowest BCUT2D eigenvalue weighted by Crippen LogP contribution is -2.50.